The van der Waals surface area contributed by atoms with Gasteiger partial charge in [0.1, 0.15) is 5.54 Å². The van der Waals surface area contributed by atoms with Crippen LogP contribution in [0.25, 0.3) is 0 Å². The monoisotopic (exact) mass is 294 g/mol. The molecule has 0 bridgehead atoms. The molecule has 1 atom stereocenters. The molecule has 0 aromatic rings. The lowest BCUT2D eigenvalue weighted by Crippen LogP contribution is -2.51. The van der Waals surface area contributed by atoms with Gasteiger partial charge in [-0.1, -0.05) is 51.7 Å². The standard InChI is InChI=1S/C17H30N2O2/c1-3-5-7-13-18-15-9-11-17(12-10-15,16(20)21)19-14-8-6-4-2/h9-11,18-19H,3-8,12-14H2,1-2H3,(H,20,21). The van der Waals surface area contributed by atoms with Crippen LogP contribution in [0.3, 0.4) is 0 Å². The Bertz CT molecular complexity index is 377. The van der Waals surface area contributed by atoms with Crippen LogP contribution in [0.15, 0.2) is 23.9 Å². The Morgan fingerprint density at radius 1 is 1.19 bits per heavy atom. The Morgan fingerprint density at radius 3 is 2.38 bits per heavy atom. The second-order valence-corrected chi connectivity index (χ2v) is 5.74. The topological polar surface area (TPSA) is 61.4 Å². The van der Waals surface area contributed by atoms with Crippen LogP contribution in [0.1, 0.15) is 58.8 Å². The molecule has 0 amide bonds. The second kappa shape index (κ2) is 9.61. The smallest absolute Gasteiger partial charge is 0.328 e. The predicted molar refractivity (Wildman–Crippen MR) is 87.3 cm³/mol. The van der Waals surface area contributed by atoms with Crippen LogP contribution in [0, 0.1) is 0 Å². The quantitative estimate of drug-likeness (QED) is 0.512. The fourth-order valence-electron chi connectivity index (χ4n) is 2.43. The molecule has 0 fully saturated rings. The fourth-order valence-corrected chi connectivity index (χ4v) is 2.43. The molecule has 1 unspecified atom stereocenters. The van der Waals surface area contributed by atoms with Crippen LogP contribution in [0.5, 0.6) is 0 Å². The summed E-state index contributed by atoms with van der Waals surface area (Å²) >= 11 is 0. The molecule has 1 aliphatic rings. The minimum absolute atomic E-state index is 0.501. The van der Waals surface area contributed by atoms with Crippen molar-refractivity contribution in [3.63, 3.8) is 0 Å². The molecule has 0 radical (unpaired) electrons. The van der Waals surface area contributed by atoms with Gasteiger partial charge >= 0.3 is 5.97 Å². The van der Waals surface area contributed by atoms with E-state index in [0.717, 1.165) is 44.5 Å². The molecule has 0 saturated carbocycles. The van der Waals surface area contributed by atoms with Crippen LogP contribution >= 0.6 is 0 Å². The van der Waals surface area contributed by atoms with Crippen LogP contribution in [0.2, 0.25) is 0 Å². The van der Waals surface area contributed by atoms with Gasteiger partial charge in [-0.05, 0) is 25.5 Å². The first-order chi connectivity index (χ1) is 10.1. The predicted octanol–water partition coefficient (Wildman–Crippen LogP) is 3.21. The Labute approximate surface area is 128 Å². The molecule has 1 aliphatic carbocycles. The number of rotatable bonds is 11. The number of hydrogen-bond donors (Lipinski definition) is 3. The molecular formula is C17H30N2O2. The number of unbranched alkanes of at least 4 members (excludes halogenated alkanes) is 4. The summed E-state index contributed by atoms with van der Waals surface area (Å²) in [5, 5.41) is 16.1. The van der Waals surface area contributed by atoms with E-state index in [-0.39, 0.29) is 0 Å². The highest BCUT2D eigenvalue weighted by molar-refractivity contribution is 5.82. The Morgan fingerprint density at radius 2 is 1.86 bits per heavy atom. The average Bonchev–Trinajstić information content (AvgIpc) is 2.49. The number of nitrogens with one attached hydrogen (secondary N) is 2. The first kappa shape index (κ1) is 17.8. The van der Waals surface area contributed by atoms with Gasteiger partial charge in [-0.15, -0.1) is 0 Å². The van der Waals surface area contributed by atoms with E-state index in [1.807, 2.05) is 12.2 Å². The summed E-state index contributed by atoms with van der Waals surface area (Å²) in [7, 11) is 0. The largest absolute Gasteiger partial charge is 0.480 e. The van der Waals surface area contributed by atoms with E-state index in [4.69, 9.17) is 0 Å². The molecule has 4 nitrogen and oxygen atoms in total. The summed E-state index contributed by atoms with van der Waals surface area (Å²) in [6.07, 6.45) is 13.1. The minimum atomic E-state index is -0.928. The van der Waals surface area contributed by atoms with Crippen molar-refractivity contribution in [1.82, 2.24) is 10.6 Å². The van der Waals surface area contributed by atoms with E-state index in [1.54, 1.807) is 6.08 Å². The Hall–Kier alpha value is -1.29. The van der Waals surface area contributed by atoms with Crippen LogP contribution in [0.4, 0.5) is 0 Å². The van der Waals surface area contributed by atoms with Gasteiger partial charge in [0.25, 0.3) is 0 Å². The summed E-state index contributed by atoms with van der Waals surface area (Å²) in [6.45, 7) is 6.03. The van der Waals surface area contributed by atoms with Crippen LogP contribution < -0.4 is 10.6 Å². The lowest BCUT2D eigenvalue weighted by Gasteiger charge is -2.29. The van der Waals surface area contributed by atoms with Crippen molar-refractivity contribution in [1.29, 1.82) is 0 Å². The number of carboxylic acids is 1. The molecule has 0 aromatic heterocycles. The summed E-state index contributed by atoms with van der Waals surface area (Å²) in [6, 6.07) is 0. The van der Waals surface area contributed by atoms with E-state index < -0.39 is 11.5 Å². The number of carboxylic acid groups (broad SMARTS) is 1. The minimum Gasteiger partial charge on any atom is -0.480 e. The third-order valence-electron chi connectivity index (χ3n) is 3.90. The highest BCUT2D eigenvalue weighted by Crippen LogP contribution is 2.21. The van der Waals surface area contributed by atoms with Crippen molar-refractivity contribution >= 4 is 5.97 Å². The van der Waals surface area contributed by atoms with Gasteiger partial charge in [-0.3, -0.25) is 5.32 Å². The zero-order chi connectivity index (χ0) is 15.6. The SMILES string of the molecule is CCCCCNC1=CCC(NCCCCC)(C(=O)O)C=C1. The molecule has 0 heterocycles. The molecule has 1 rings (SSSR count). The molecule has 0 spiro atoms. The highest BCUT2D eigenvalue weighted by Gasteiger charge is 2.35. The number of hydrogen-bond acceptors (Lipinski definition) is 3. The molecule has 0 saturated heterocycles. The lowest BCUT2D eigenvalue weighted by molar-refractivity contribution is -0.142. The zero-order valence-corrected chi connectivity index (χ0v) is 13.5. The van der Waals surface area contributed by atoms with Crippen molar-refractivity contribution in [3.05, 3.63) is 23.9 Å². The van der Waals surface area contributed by atoms with Gasteiger partial charge in [-0.2, -0.15) is 0 Å². The maximum atomic E-state index is 11.6. The second-order valence-electron chi connectivity index (χ2n) is 5.74. The van der Waals surface area contributed by atoms with E-state index in [0.29, 0.717) is 6.42 Å². The summed E-state index contributed by atoms with van der Waals surface area (Å²) < 4.78 is 0. The van der Waals surface area contributed by atoms with E-state index in [1.165, 1.54) is 12.8 Å². The zero-order valence-electron chi connectivity index (χ0n) is 13.5. The van der Waals surface area contributed by atoms with Gasteiger partial charge in [0.2, 0.25) is 0 Å². The summed E-state index contributed by atoms with van der Waals surface area (Å²) in [4.78, 5) is 11.6. The average molecular weight is 294 g/mol. The van der Waals surface area contributed by atoms with Crippen molar-refractivity contribution in [2.24, 2.45) is 0 Å². The van der Waals surface area contributed by atoms with Gasteiger partial charge in [0.05, 0.1) is 0 Å². The first-order valence-corrected chi connectivity index (χ1v) is 8.26. The lowest BCUT2D eigenvalue weighted by atomic mass is 9.90. The van der Waals surface area contributed by atoms with Crippen molar-refractivity contribution < 1.29 is 9.90 Å². The third-order valence-corrected chi connectivity index (χ3v) is 3.90. The van der Waals surface area contributed by atoms with Crippen LogP contribution in [-0.2, 0) is 4.79 Å². The molecule has 120 valence electrons. The van der Waals surface area contributed by atoms with Gasteiger partial charge < -0.3 is 10.4 Å². The molecule has 3 N–H and O–H groups in total. The fraction of sp³-hybridized carbons (Fsp3) is 0.706. The van der Waals surface area contributed by atoms with Crippen molar-refractivity contribution in [2.75, 3.05) is 13.1 Å². The highest BCUT2D eigenvalue weighted by atomic mass is 16.4. The molecular weight excluding hydrogens is 264 g/mol. The maximum absolute atomic E-state index is 11.6. The normalized spacial score (nSPS) is 21.1. The number of allylic oxidation sites excluding steroid dienone is 1. The summed E-state index contributed by atoms with van der Waals surface area (Å²) in [5.74, 6) is -0.795. The first-order valence-electron chi connectivity index (χ1n) is 8.26. The van der Waals surface area contributed by atoms with E-state index in [9.17, 15) is 9.90 Å². The molecule has 21 heavy (non-hydrogen) atoms. The molecule has 0 aliphatic heterocycles. The number of aliphatic carboxylic acids is 1. The Kier molecular flexibility index (Phi) is 8.13. The van der Waals surface area contributed by atoms with Crippen LogP contribution in [-0.4, -0.2) is 29.7 Å². The van der Waals surface area contributed by atoms with Crippen molar-refractivity contribution in [2.45, 2.75) is 64.3 Å². The van der Waals surface area contributed by atoms with Gasteiger partial charge in [0.15, 0.2) is 0 Å². The Balaban J connectivity index is 2.45. The van der Waals surface area contributed by atoms with E-state index in [2.05, 4.69) is 24.5 Å². The van der Waals surface area contributed by atoms with E-state index >= 15 is 0 Å². The van der Waals surface area contributed by atoms with Crippen molar-refractivity contribution in [3.8, 4) is 0 Å². The van der Waals surface area contributed by atoms with Gasteiger partial charge in [0, 0.05) is 18.7 Å². The maximum Gasteiger partial charge on any atom is 0.328 e. The van der Waals surface area contributed by atoms with Gasteiger partial charge in [-0.25, -0.2) is 4.79 Å². The third kappa shape index (κ3) is 5.92. The number of carbonyl (C=O) groups is 1. The molecule has 0 aromatic carbocycles. The molecule has 4 heteroatoms. The summed E-state index contributed by atoms with van der Waals surface area (Å²) in [5.41, 5.74) is 0.112.